The summed E-state index contributed by atoms with van der Waals surface area (Å²) >= 11 is 5.85. The van der Waals surface area contributed by atoms with E-state index in [0.29, 0.717) is 67.9 Å². The first-order valence-corrected chi connectivity index (χ1v) is 11.3. The Morgan fingerprint density at radius 3 is 2.30 bits per heavy atom. The maximum absolute atomic E-state index is 12.4. The number of likely N-dealkylation sites (N-methyl/N-ethyl adjacent to an activating group) is 1. The van der Waals surface area contributed by atoms with E-state index in [-0.39, 0.29) is 17.4 Å². The zero-order valence-corrected chi connectivity index (χ0v) is 19.5. The molecule has 1 saturated heterocycles. The molecular weight excluding hydrogens is 446 g/mol. The van der Waals surface area contributed by atoms with Crippen molar-refractivity contribution >= 4 is 40.9 Å². The lowest BCUT2D eigenvalue weighted by atomic mass is 10.2. The standard InChI is InChI=1S/C23H28ClN5O4/c1-3-28(4-2)20(30)15-27-9-11-29(12-10-27)21-19(23(32)33)13-18(14-25-21)26-22(31)16-5-7-17(24)8-6-16/h5-8,13-14H,3-4,9-12,15H2,1-2H3,(H,26,31)(H,32,33). The van der Waals surface area contributed by atoms with E-state index in [0.717, 1.165) is 0 Å². The summed E-state index contributed by atoms with van der Waals surface area (Å²) in [5.74, 6) is -1.07. The zero-order valence-electron chi connectivity index (χ0n) is 18.8. The van der Waals surface area contributed by atoms with Crippen molar-refractivity contribution in [2.75, 3.05) is 56.0 Å². The highest BCUT2D eigenvalue weighted by molar-refractivity contribution is 6.30. The molecule has 9 nitrogen and oxygen atoms in total. The summed E-state index contributed by atoms with van der Waals surface area (Å²) in [6.45, 7) is 7.99. The molecule has 2 aromatic rings. The SMILES string of the molecule is CCN(CC)C(=O)CN1CCN(c2ncc(NC(=O)c3ccc(Cl)cc3)cc2C(=O)O)CC1. The van der Waals surface area contributed by atoms with Gasteiger partial charge in [-0.3, -0.25) is 14.5 Å². The number of carboxylic acid groups (broad SMARTS) is 1. The quantitative estimate of drug-likeness (QED) is 0.607. The molecule has 2 heterocycles. The van der Waals surface area contributed by atoms with E-state index >= 15 is 0 Å². The van der Waals surface area contributed by atoms with Gasteiger partial charge in [-0.15, -0.1) is 0 Å². The van der Waals surface area contributed by atoms with Crippen LogP contribution in [0, 0.1) is 0 Å². The summed E-state index contributed by atoms with van der Waals surface area (Å²) in [6.07, 6.45) is 1.45. The Hall–Kier alpha value is -3.17. The number of carbonyl (C=O) groups excluding carboxylic acids is 2. The molecular formula is C23H28ClN5O4. The van der Waals surface area contributed by atoms with Gasteiger partial charge in [-0.2, -0.15) is 0 Å². The van der Waals surface area contributed by atoms with Gasteiger partial charge in [0.15, 0.2) is 0 Å². The summed E-state index contributed by atoms with van der Waals surface area (Å²) in [5.41, 5.74) is 0.701. The number of anilines is 2. The van der Waals surface area contributed by atoms with Gasteiger partial charge in [0.05, 0.1) is 18.4 Å². The fourth-order valence-corrected chi connectivity index (χ4v) is 3.85. The van der Waals surface area contributed by atoms with Crippen LogP contribution in [0.4, 0.5) is 11.5 Å². The van der Waals surface area contributed by atoms with Crippen LogP contribution in [-0.4, -0.2) is 83.5 Å². The van der Waals surface area contributed by atoms with Crippen molar-refractivity contribution in [3.63, 3.8) is 0 Å². The third kappa shape index (κ3) is 6.21. The van der Waals surface area contributed by atoms with E-state index in [1.165, 1.54) is 12.3 Å². The van der Waals surface area contributed by atoms with Gasteiger partial charge < -0.3 is 20.2 Å². The molecule has 1 fully saturated rings. The minimum Gasteiger partial charge on any atom is -0.478 e. The molecule has 0 unspecified atom stereocenters. The highest BCUT2D eigenvalue weighted by atomic mass is 35.5. The number of rotatable bonds is 8. The number of pyridine rings is 1. The average molecular weight is 474 g/mol. The molecule has 2 N–H and O–H groups in total. The number of amides is 2. The predicted octanol–water partition coefficient (Wildman–Crippen LogP) is 2.68. The van der Waals surface area contributed by atoms with Crippen molar-refractivity contribution in [2.24, 2.45) is 0 Å². The second-order valence-corrected chi connectivity index (χ2v) is 8.13. The molecule has 3 rings (SSSR count). The first kappa shape index (κ1) is 24.5. The maximum atomic E-state index is 12.4. The lowest BCUT2D eigenvalue weighted by Crippen LogP contribution is -2.50. The Kier molecular flexibility index (Phi) is 8.24. The van der Waals surface area contributed by atoms with Crippen LogP contribution in [0.1, 0.15) is 34.6 Å². The van der Waals surface area contributed by atoms with Crippen molar-refractivity contribution < 1.29 is 19.5 Å². The Bertz CT molecular complexity index is 1000. The molecule has 1 aromatic carbocycles. The lowest BCUT2D eigenvalue weighted by Gasteiger charge is -2.36. The summed E-state index contributed by atoms with van der Waals surface area (Å²) in [5, 5.41) is 12.9. The Labute approximate surface area is 197 Å². The fourth-order valence-electron chi connectivity index (χ4n) is 3.73. The maximum Gasteiger partial charge on any atom is 0.339 e. The van der Waals surface area contributed by atoms with Gasteiger partial charge in [0, 0.05) is 49.9 Å². The number of benzene rings is 1. The zero-order chi connectivity index (χ0) is 24.0. The number of hydrogen-bond acceptors (Lipinski definition) is 6. The number of carbonyl (C=O) groups is 3. The van der Waals surface area contributed by atoms with Gasteiger partial charge in [-0.05, 0) is 44.2 Å². The van der Waals surface area contributed by atoms with E-state index in [2.05, 4.69) is 15.2 Å². The number of piperazine rings is 1. The molecule has 2 amide bonds. The first-order chi connectivity index (χ1) is 15.8. The van der Waals surface area contributed by atoms with Gasteiger partial charge in [0.1, 0.15) is 11.4 Å². The Morgan fingerprint density at radius 2 is 1.73 bits per heavy atom. The van der Waals surface area contributed by atoms with Crippen LogP contribution in [0.15, 0.2) is 36.5 Å². The average Bonchev–Trinajstić information content (AvgIpc) is 2.81. The fraction of sp³-hybridized carbons (Fsp3) is 0.391. The van der Waals surface area contributed by atoms with Crippen LogP contribution in [0.3, 0.4) is 0 Å². The van der Waals surface area contributed by atoms with Gasteiger partial charge in [-0.1, -0.05) is 11.6 Å². The topological polar surface area (TPSA) is 106 Å². The number of nitrogens with zero attached hydrogens (tertiary/aromatic N) is 4. The van der Waals surface area contributed by atoms with E-state index in [9.17, 15) is 19.5 Å². The summed E-state index contributed by atoms with van der Waals surface area (Å²) in [7, 11) is 0. The van der Waals surface area contributed by atoms with Crippen molar-refractivity contribution in [3.8, 4) is 0 Å². The third-order valence-corrected chi connectivity index (χ3v) is 5.86. The highest BCUT2D eigenvalue weighted by Gasteiger charge is 2.25. The van der Waals surface area contributed by atoms with Crippen LogP contribution in [0.2, 0.25) is 5.02 Å². The second kappa shape index (κ2) is 11.1. The van der Waals surface area contributed by atoms with Crippen LogP contribution < -0.4 is 10.2 Å². The van der Waals surface area contributed by atoms with E-state index in [4.69, 9.17) is 11.6 Å². The van der Waals surface area contributed by atoms with E-state index < -0.39 is 5.97 Å². The smallest absolute Gasteiger partial charge is 0.339 e. The number of carboxylic acids is 1. The minimum absolute atomic E-state index is 0.0107. The Balaban J connectivity index is 1.66. The summed E-state index contributed by atoms with van der Waals surface area (Å²) in [6, 6.07) is 7.80. The molecule has 0 radical (unpaired) electrons. The number of aromatic carboxylic acids is 1. The van der Waals surface area contributed by atoms with Crippen LogP contribution in [0.25, 0.3) is 0 Å². The molecule has 0 saturated carbocycles. The monoisotopic (exact) mass is 473 g/mol. The molecule has 0 spiro atoms. The molecule has 0 aliphatic carbocycles. The predicted molar refractivity (Wildman–Crippen MR) is 127 cm³/mol. The highest BCUT2D eigenvalue weighted by Crippen LogP contribution is 2.23. The minimum atomic E-state index is -1.13. The molecule has 176 valence electrons. The van der Waals surface area contributed by atoms with E-state index in [1.807, 2.05) is 18.7 Å². The number of halogens is 1. The molecule has 0 atom stereocenters. The van der Waals surface area contributed by atoms with Crippen LogP contribution in [-0.2, 0) is 4.79 Å². The van der Waals surface area contributed by atoms with E-state index in [1.54, 1.807) is 29.2 Å². The van der Waals surface area contributed by atoms with Crippen LogP contribution >= 0.6 is 11.6 Å². The van der Waals surface area contributed by atoms with Crippen LogP contribution in [0.5, 0.6) is 0 Å². The third-order valence-electron chi connectivity index (χ3n) is 5.61. The van der Waals surface area contributed by atoms with Gasteiger partial charge in [-0.25, -0.2) is 9.78 Å². The normalized spacial score (nSPS) is 14.1. The Morgan fingerprint density at radius 1 is 1.09 bits per heavy atom. The largest absolute Gasteiger partial charge is 0.478 e. The number of aromatic nitrogens is 1. The molecule has 1 aromatic heterocycles. The molecule has 0 bridgehead atoms. The van der Waals surface area contributed by atoms with Gasteiger partial charge >= 0.3 is 5.97 Å². The first-order valence-electron chi connectivity index (χ1n) is 10.9. The van der Waals surface area contributed by atoms with Gasteiger partial charge in [0.25, 0.3) is 5.91 Å². The van der Waals surface area contributed by atoms with Crippen molar-refractivity contribution in [3.05, 3.63) is 52.7 Å². The lowest BCUT2D eigenvalue weighted by molar-refractivity contribution is -0.132. The van der Waals surface area contributed by atoms with Crippen molar-refractivity contribution in [2.45, 2.75) is 13.8 Å². The molecule has 1 aliphatic heterocycles. The second-order valence-electron chi connectivity index (χ2n) is 7.69. The number of hydrogen-bond donors (Lipinski definition) is 2. The molecule has 10 heteroatoms. The summed E-state index contributed by atoms with van der Waals surface area (Å²) < 4.78 is 0. The summed E-state index contributed by atoms with van der Waals surface area (Å²) in [4.78, 5) is 46.8. The molecule has 33 heavy (non-hydrogen) atoms. The number of nitrogens with one attached hydrogen (secondary N) is 1. The van der Waals surface area contributed by atoms with Crippen molar-refractivity contribution in [1.82, 2.24) is 14.8 Å². The molecule has 1 aliphatic rings. The van der Waals surface area contributed by atoms with Crippen molar-refractivity contribution in [1.29, 1.82) is 0 Å². The van der Waals surface area contributed by atoms with Gasteiger partial charge in [0.2, 0.25) is 5.91 Å².